The molecule has 0 saturated heterocycles. The second kappa shape index (κ2) is 5.57. The minimum atomic E-state index is 0.619. The van der Waals surface area contributed by atoms with Crippen molar-refractivity contribution >= 4 is 37.5 Å². The van der Waals surface area contributed by atoms with E-state index >= 15 is 0 Å². The molecule has 3 aromatic rings. The SMILES string of the molecule is Cc1cccc(N)c1-c1nnnn1-c1ccc(Br)cc1Br. The van der Waals surface area contributed by atoms with Crippen LogP contribution in [0.15, 0.2) is 45.3 Å². The molecule has 0 spiro atoms. The van der Waals surface area contributed by atoms with Gasteiger partial charge in [0.1, 0.15) is 0 Å². The van der Waals surface area contributed by atoms with Crippen molar-refractivity contribution in [1.82, 2.24) is 20.2 Å². The molecule has 0 saturated carbocycles. The molecule has 0 aliphatic carbocycles. The van der Waals surface area contributed by atoms with Crippen molar-refractivity contribution in [3.63, 3.8) is 0 Å². The van der Waals surface area contributed by atoms with E-state index in [4.69, 9.17) is 5.73 Å². The Balaban J connectivity index is 2.22. The summed E-state index contributed by atoms with van der Waals surface area (Å²) in [6.45, 7) is 1.99. The van der Waals surface area contributed by atoms with Gasteiger partial charge in [-0.1, -0.05) is 28.1 Å². The summed E-state index contributed by atoms with van der Waals surface area (Å²) in [5.41, 5.74) is 9.47. The Morgan fingerprint density at radius 3 is 2.67 bits per heavy atom. The minimum absolute atomic E-state index is 0.619. The number of halogens is 2. The molecule has 0 aliphatic heterocycles. The van der Waals surface area contributed by atoms with Gasteiger partial charge in [-0.3, -0.25) is 0 Å². The Morgan fingerprint density at radius 2 is 1.95 bits per heavy atom. The number of anilines is 1. The molecule has 0 unspecified atom stereocenters. The summed E-state index contributed by atoms with van der Waals surface area (Å²) in [6.07, 6.45) is 0. The maximum Gasteiger partial charge on any atom is 0.189 e. The van der Waals surface area contributed by atoms with E-state index in [9.17, 15) is 0 Å². The van der Waals surface area contributed by atoms with E-state index in [1.165, 1.54) is 0 Å². The Kier molecular flexibility index (Phi) is 3.77. The van der Waals surface area contributed by atoms with Crippen molar-refractivity contribution in [2.75, 3.05) is 5.73 Å². The van der Waals surface area contributed by atoms with Gasteiger partial charge in [0.15, 0.2) is 5.82 Å². The van der Waals surface area contributed by atoms with E-state index in [-0.39, 0.29) is 0 Å². The molecule has 0 amide bonds. The Bertz CT molecular complexity index is 793. The molecule has 0 bridgehead atoms. The van der Waals surface area contributed by atoms with Crippen LogP contribution in [-0.4, -0.2) is 20.2 Å². The van der Waals surface area contributed by atoms with E-state index in [1.54, 1.807) is 4.68 Å². The molecule has 0 atom stereocenters. The summed E-state index contributed by atoms with van der Waals surface area (Å²) in [5.74, 6) is 0.619. The summed E-state index contributed by atoms with van der Waals surface area (Å²) in [6, 6.07) is 11.6. The van der Waals surface area contributed by atoms with Gasteiger partial charge in [-0.15, -0.1) is 5.10 Å². The zero-order chi connectivity index (χ0) is 15.0. The summed E-state index contributed by atoms with van der Waals surface area (Å²) in [5, 5.41) is 12.0. The molecule has 2 aromatic carbocycles. The highest BCUT2D eigenvalue weighted by molar-refractivity contribution is 9.11. The number of aryl methyl sites for hydroxylation is 1. The quantitative estimate of drug-likeness (QED) is 0.655. The van der Waals surface area contributed by atoms with Gasteiger partial charge < -0.3 is 5.73 Å². The standard InChI is InChI=1S/C14H11Br2N5/c1-8-3-2-4-11(17)13(8)14-18-19-20-21(14)12-6-5-9(15)7-10(12)16/h2-7H,17H2,1H3. The van der Waals surface area contributed by atoms with E-state index in [0.717, 1.165) is 25.8 Å². The van der Waals surface area contributed by atoms with Crippen molar-refractivity contribution in [2.24, 2.45) is 0 Å². The van der Waals surface area contributed by atoms with Gasteiger partial charge in [-0.05, 0) is 63.1 Å². The fraction of sp³-hybridized carbons (Fsp3) is 0.0714. The van der Waals surface area contributed by atoms with Crippen molar-refractivity contribution in [1.29, 1.82) is 0 Å². The van der Waals surface area contributed by atoms with Crippen LogP contribution < -0.4 is 5.73 Å². The topological polar surface area (TPSA) is 69.6 Å². The van der Waals surface area contributed by atoms with Gasteiger partial charge >= 0.3 is 0 Å². The fourth-order valence-electron chi connectivity index (χ4n) is 2.15. The highest BCUT2D eigenvalue weighted by atomic mass is 79.9. The zero-order valence-electron chi connectivity index (χ0n) is 11.1. The van der Waals surface area contributed by atoms with Crippen molar-refractivity contribution in [2.45, 2.75) is 6.92 Å². The predicted molar refractivity (Wildman–Crippen MR) is 89.1 cm³/mol. The van der Waals surface area contributed by atoms with Gasteiger partial charge in [0.2, 0.25) is 0 Å². The van der Waals surface area contributed by atoms with Crippen molar-refractivity contribution in [3.05, 3.63) is 50.9 Å². The van der Waals surface area contributed by atoms with E-state index in [2.05, 4.69) is 47.4 Å². The molecule has 0 aliphatic rings. The first-order chi connectivity index (χ1) is 10.1. The number of nitrogens with two attached hydrogens (primary N) is 1. The number of nitrogen functional groups attached to an aromatic ring is 1. The summed E-state index contributed by atoms with van der Waals surface area (Å²) < 4.78 is 3.54. The average molecular weight is 409 g/mol. The monoisotopic (exact) mass is 407 g/mol. The number of rotatable bonds is 2. The van der Waals surface area contributed by atoms with Gasteiger partial charge in [-0.2, -0.15) is 4.68 Å². The lowest BCUT2D eigenvalue weighted by Crippen LogP contribution is -2.03. The molecule has 0 radical (unpaired) electrons. The second-order valence-corrected chi connectivity index (χ2v) is 6.32. The first-order valence-corrected chi connectivity index (χ1v) is 7.76. The predicted octanol–water partition coefficient (Wildman–Crippen LogP) is 3.74. The van der Waals surface area contributed by atoms with Crippen LogP contribution in [0.5, 0.6) is 0 Å². The smallest absolute Gasteiger partial charge is 0.189 e. The van der Waals surface area contributed by atoms with Crippen LogP contribution in [0.4, 0.5) is 5.69 Å². The molecule has 1 heterocycles. The normalized spacial score (nSPS) is 10.8. The van der Waals surface area contributed by atoms with Gasteiger partial charge in [0.25, 0.3) is 0 Å². The third-order valence-corrected chi connectivity index (χ3v) is 4.26. The Morgan fingerprint density at radius 1 is 1.14 bits per heavy atom. The maximum absolute atomic E-state index is 6.09. The Labute approximate surface area is 138 Å². The average Bonchev–Trinajstić information content (AvgIpc) is 2.87. The third kappa shape index (κ3) is 2.58. The van der Waals surface area contributed by atoms with E-state index < -0.39 is 0 Å². The van der Waals surface area contributed by atoms with Crippen molar-refractivity contribution in [3.8, 4) is 17.1 Å². The number of nitrogens with zero attached hydrogens (tertiary/aromatic N) is 4. The summed E-state index contributed by atoms with van der Waals surface area (Å²) >= 11 is 6.97. The lowest BCUT2D eigenvalue weighted by atomic mass is 10.1. The molecule has 2 N–H and O–H groups in total. The molecule has 7 heteroatoms. The number of hydrogen-bond acceptors (Lipinski definition) is 4. The van der Waals surface area contributed by atoms with Crippen LogP contribution in [-0.2, 0) is 0 Å². The minimum Gasteiger partial charge on any atom is -0.398 e. The Hall–Kier alpha value is -1.73. The van der Waals surface area contributed by atoms with Crippen LogP contribution in [0.2, 0.25) is 0 Å². The fourth-order valence-corrected chi connectivity index (χ4v) is 3.37. The molecule has 3 rings (SSSR count). The lowest BCUT2D eigenvalue weighted by Gasteiger charge is -2.11. The number of hydrogen-bond donors (Lipinski definition) is 1. The van der Waals surface area contributed by atoms with Gasteiger partial charge in [0.05, 0.1) is 5.69 Å². The molecule has 5 nitrogen and oxygen atoms in total. The summed E-state index contributed by atoms with van der Waals surface area (Å²) in [7, 11) is 0. The highest BCUT2D eigenvalue weighted by Gasteiger charge is 2.17. The van der Waals surface area contributed by atoms with Gasteiger partial charge in [0, 0.05) is 20.2 Å². The van der Waals surface area contributed by atoms with E-state index in [0.29, 0.717) is 11.5 Å². The van der Waals surface area contributed by atoms with Crippen molar-refractivity contribution < 1.29 is 0 Å². The second-order valence-electron chi connectivity index (χ2n) is 4.55. The highest BCUT2D eigenvalue weighted by Crippen LogP contribution is 2.31. The first kappa shape index (κ1) is 14.2. The largest absolute Gasteiger partial charge is 0.398 e. The number of benzene rings is 2. The van der Waals surface area contributed by atoms with Crippen LogP contribution >= 0.6 is 31.9 Å². The molecule has 106 valence electrons. The molecular weight excluding hydrogens is 398 g/mol. The zero-order valence-corrected chi connectivity index (χ0v) is 14.3. The summed E-state index contributed by atoms with van der Waals surface area (Å²) in [4.78, 5) is 0. The van der Waals surface area contributed by atoms with Crippen LogP contribution in [0, 0.1) is 6.92 Å². The first-order valence-electron chi connectivity index (χ1n) is 6.17. The molecule has 0 fully saturated rings. The van der Waals surface area contributed by atoms with Crippen LogP contribution in [0.1, 0.15) is 5.56 Å². The van der Waals surface area contributed by atoms with E-state index in [1.807, 2.05) is 43.3 Å². The number of aromatic nitrogens is 4. The van der Waals surface area contributed by atoms with Gasteiger partial charge in [-0.25, -0.2) is 0 Å². The molecule has 21 heavy (non-hydrogen) atoms. The molecule has 1 aromatic heterocycles. The lowest BCUT2D eigenvalue weighted by molar-refractivity contribution is 0.788. The molecular formula is C14H11Br2N5. The number of tetrazole rings is 1. The van der Waals surface area contributed by atoms with Crippen LogP contribution in [0.25, 0.3) is 17.1 Å². The maximum atomic E-state index is 6.09. The van der Waals surface area contributed by atoms with Crippen LogP contribution in [0.3, 0.4) is 0 Å². The third-order valence-electron chi connectivity index (χ3n) is 3.14.